The molecule has 6 rings (SSSR count). The number of sulfonamides is 2. The number of nitrogens with two attached hydrogens (primary N) is 1. The smallest absolute Gasteiger partial charge is 0.337 e. The summed E-state index contributed by atoms with van der Waals surface area (Å²) < 4.78 is 97.1. The molecule has 3 N–H and O–H groups in total. The summed E-state index contributed by atoms with van der Waals surface area (Å²) in [5.74, 6) is -2.09. The molecule has 0 radical (unpaired) electrons. The summed E-state index contributed by atoms with van der Waals surface area (Å²) in [5.41, 5.74) is 5.41. The first-order valence-corrected chi connectivity index (χ1v) is 24.6. The Labute approximate surface area is 415 Å². The molecule has 2 heterocycles. The molecule has 0 aliphatic carbocycles. The molecule has 0 spiro atoms. The van der Waals surface area contributed by atoms with E-state index < -0.39 is 49.0 Å². The average molecular weight is 1040 g/mol. The fraction of sp³-hybridized carbons (Fsp3) is 0.240. The summed E-state index contributed by atoms with van der Waals surface area (Å²) >= 11 is 5.58. The van der Waals surface area contributed by atoms with Gasteiger partial charge in [0, 0.05) is 30.9 Å². The van der Waals surface area contributed by atoms with Crippen LogP contribution in [0.4, 0.5) is 8.78 Å². The van der Waals surface area contributed by atoms with Gasteiger partial charge in [-0.25, -0.2) is 55.0 Å². The van der Waals surface area contributed by atoms with Crippen molar-refractivity contribution in [2.75, 3.05) is 28.4 Å². The Bertz CT molecular complexity index is 3120. The van der Waals surface area contributed by atoms with E-state index in [-0.39, 0.29) is 51.4 Å². The van der Waals surface area contributed by atoms with Gasteiger partial charge >= 0.3 is 11.9 Å². The Morgan fingerprint density at radius 3 is 1.35 bits per heavy atom. The molecule has 4 aromatic carbocycles. The maximum Gasteiger partial charge on any atom is 0.337 e. The maximum absolute atomic E-state index is 14.5. The number of esters is 2. The van der Waals surface area contributed by atoms with Crippen LogP contribution in [0.25, 0.3) is 22.3 Å². The molecule has 71 heavy (non-hydrogen) atoms. The molecule has 0 fully saturated rings. The van der Waals surface area contributed by atoms with Crippen LogP contribution in [0.3, 0.4) is 0 Å². The number of carbonyl (C=O) groups is 4. The van der Waals surface area contributed by atoms with E-state index in [0.29, 0.717) is 39.6 Å². The molecular weight excluding hydrogens is 986 g/mol. The summed E-state index contributed by atoms with van der Waals surface area (Å²) in [7, 11) is -2.49. The second kappa shape index (κ2) is 25.1. The number of aromatic nitrogens is 2. The van der Waals surface area contributed by atoms with E-state index in [1.807, 2.05) is 27.7 Å². The molecule has 0 aliphatic rings. The third-order valence-electron chi connectivity index (χ3n) is 10.3. The Balaban J connectivity index is 0.000000258. The van der Waals surface area contributed by atoms with E-state index in [2.05, 4.69) is 24.2 Å². The standard InChI is InChI=1S/C25H25FN2O6S.C17H17ClFNO2.C8H9NO4S/c1-15(2)20-12-18(26)13-21(17-9-10-27-24(11-17)33-3)22(20)14-23(29)28-35(31,32)19-7-5-16(6-8-19)25(30)34-4;1-10(2)13-7-12(19)8-14(15(13)9-16(18)21)11-4-5-20-17(6-11)22-3;1-13-8(10)6-2-4-7(5-3-6)14(9,11)12/h5-13,15H,14H2,1-4H3,(H,28,29);4-8,10H,9H2,1-3H3;2-5H,1H3,(H2,9,11,12). The summed E-state index contributed by atoms with van der Waals surface area (Å²) in [4.78, 5) is 54.7. The molecular formula is C50H51ClF2N4O12S2. The maximum atomic E-state index is 14.5. The molecule has 6 aromatic rings. The molecule has 2 aromatic heterocycles. The zero-order chi connectivity index (χ0) is 52.8. The number of rotatable bonds is 15. The van der Waals surface area contributed by atoms with Gasteiger partial charge in [-0.15, -0.1) is 0 Å². The van der Waals surface area contributed by atoms with Crippen LogP contribution in [0, 0.1) is 11.6 Å². The third-order valence-corrected chi connectivity index (χ3v) is 12.8. The van der Waals surface area contributed by atoms with Crippen LogP contribution in [0.2, 0.25) is 0 Å². The Morgan fingerprint density at radius 2 is 1.00 bits per heavy atom. The molecule has 0 bridgehead atoms. The highest BCUT2D eigenvalue weighted by Crippen LogP contribution is 2.35. The van der Waals surface area contributed by atoms with Crippen molar-refractivity contribution in [3.8, 4) is 34.0 Å². The Morgan fingerprint density at radius 1 is 0.606 bits per heavy atom. The second-order valence-electron chi connectivity index (χ2n) is 15.8. The Kier molecular flexibility index (Phi) is 20.0. The molecule has 16 nitrogen and oxygen atoms in total. The highest BCUT2D eigenvalue weighted by molar-refractivity contribution is 7.90. The van der Waals surface area contributed by atoms with Crippen molar-refractivity contribution in [2.24, 2.45) is 5.14 Å². The monoisotopic (exact) mass is 1040 g/mol. The number of hydrogen-bond donors (Lipinski definition) is 2. The zero-order valence-electron chi connectivity index (χ0n) is 39.8. The number of benzene rings is 4. The minimum Gasteiger partial charge on any atom is -0.481 e. The quantitative estimate of drug-likeness (QED) is 0.0727. The topological polar surface area (TPSA) is 237 Å². The van der Waals surface area contributed by atoms with Gasteiger partial charge in [0.1, 0.15) is 11.6 Å². The van der Waals surface area contributed by atoms with E-state index in [1.54, 1.807) is 30.5 Å². The lowest BCUT2D eigenvalue weighted by Gasteiger charge is -2.18. The number of nitrogens with one attached hydrogen (secondary N) is 1. The molecule has 0 aliphatic heterocycles. The number of ether oxygens (including phenoxy) is 4. The summed E-state index contributed by atoms with van der Waals surface area (Å²) in [6.07, 6.45) is 2.82. The van der Waals surface area contributed by atoms with E-state index in [9.17, 15) is 44.8 Å². The van der Waals surface area contributed by atoms with Gasteiger partial charge in [0.15, 0.2) is 0 Å². The number of hydrogen-bond acceptors (Lipinski definition) is 14. The number of methoxy groups -OCH3 is 4. The van der Waals surface area contributed by atoms with Crippen molar-refractivity contribution in [2.45, 2.75) is 62.2 Å². The number of pyridine rings is 2. The van der Waals surface area contributed by atoms with Gasteiger partial charge < -0.3 is 18.9 Å². The first kappa shape index (κ1) is 56.5. The van der Waals surface area contributed by atoms with Crippen LogP contribution in [-0.2, 0) is 52.0 Å². The number of primary sulfonamides is 1. The van der Waals surface area contributed by atoms with E-state index in [0.717, 1.165) is 16.7 Å². The first-order chi connectivity index (χ1) is 33.4. The SMILES string of the molecule is COC(=O)c1ccc(S(=O)(=O)NC(=O)Cc2c(-c3ccnc(OC)c3)cc(F)cc2C(C)C)cc1.COC(=O)c1ccc(S(N)(=O)=O)cc1.COc1cc(-c2cc(F)cc(C(C)C)c2CC(=O)Cl)ccn1. The van der Waals surface area contributed by atoms with Crippen molar-refractivity contribution < 1.29 is 63.7 Å². The number of amides is 1. The van der Waals surface area contributed by atoms with Crippen molar-refractivity contribution in [1.82, 2.24) is 14.7 Å². The second-order valence-corrected chi connectivity index (χ2v) is 19.5. The first-order valence-electron chi connectivity index (χ1n) is 21.2. The van der Waals surface area contributed by atoms with Crippen LogP contribution >= 0.6 is 11.6 Å². The third kappa shape index (κ3) is 15.7. The van der Waals surface area contributed by atoms with Crippen LogP contribution in [0.15, 0.2) is 119 Å². The largest absolute Gasteiger partial charge is 0.481 e. The van der Waals surface area contributed by atoms with Gasteiger partial charge in [-0.05, 0) is 153 Å². The lowest BCUT2D eigenvalue weighted by molar-refractivity contribution is -0.118. The zero-order valence-corrected chi connectivity index (χ0v) is 42.2. The van der Waals surface area contributed by atoms with Gasteiger partial charge in [-0.2, -0.15) is 0 Å². The van der Waals surface area contributed by atoms with Crippen LogP contribution in [0.1, 0.15) is 82.5 Å². The predicted octanol–water partition coefficient (Wildman–Crippen LogP) is 8.30. The summed E-state index contributed by atoms with van der Waals surface area (Å²) in [6.45, 7) is 7.61. The lowest BCUT2D eigenvalue weighted by Crippen LogP contribution is -2.32. The van der Waals surface area contributed by atoms with Crippen molar-refractivity contribution in [3.63, 3.8) is 0 Å². The highest BCUT2D eigenvalue weighted by Gasteiger charge is 2.24. The minimum atomic E-state index is -4.21. The van der Waals surface area contributed by atoms with Gasteiger partial charge in [-0.3, -0.25) is 9.59 Å². The number of nitrogens with zero attached hydrogens (tertiary/aromatic N) is 2. The summed E-state index contributed by atoms with van der Waals surface area (Å²) in [5, 5.41) is 4.40. The molecule has 21 heteroatoms. The van der Waals surface area contributed by atoms with Gasteiger partial charge in [0.05, 0.1) is 55.8 Å². The van der Waals surface area contributed by atoms with Gasteiger partial charge in [0.2, 0.25) is 32.9 Å². The number of halogens is 3. The molecule has 0 unspecified atom stereocenters. The summed E-state index contributed by atoms with van der Waals surface area (Å²) in [6, 6.07) is 22.4. The van der Waals surface area contributed by atoms with Crippen molar-refractivity contribution in [1.29, 1.82) is 0 Å². The van der Waals surface area contributed by atoms with Crippen LogP contribution in [0.5, 0.6) is 11.8 Å². The molecule has 0 saturated heterocycles. The van der Waals surface area contributed by atoms with Crippen LogP contribution < -0.4 is 19.3 Å². The van der Waals surface area contributed by atoms with E-state index >= 15 is 0 Å². The minimum absolute atomic E-state index is 0.0369. The van der Waals surface area contributed by atoms with Gasteiger partial charge in [0.25, 0.3) is 10.0 Å². The molecule has 0 atom stereocenters. The van der Waals surface area contributed by atoms with E-state index in [4.69, 9.17) is 26.2 Å². The molecule has 1 amide bonds. The predicted molar refractivity (Wildman–Crippen MR) is 261 cm³/mol. The van der Waals surface area contributed by atoms with Crippen molar-refractivity contribution in [3.05, 3.63) is 154 Å². The lowest BCUT2D eigenvalue weighted by atomic mass is 9.88. The molecule has 376 valence electrons. The van der Waals surface area contributed by atoms with Crippen molar-refractivity contribution >= 4 is 54.7 Å². The normalized spacial score (nSPS) is 11.1. The highest BCUT2D eigenvalue weighted by atomic mass is 35.5. The average Bonchev–Trinajstić information content (AvgIpc) is 3.34. The fourth-order valence-electron chi connectivity index (χ4n) is 6.96. The van der Waals surface area contributed by atoms with E-state index in [1.165, 1.54) is 107 Å². The number of carbonyl (C=O) groups excluding carboxylic acids is 4. The van der Waals surface area contributed by atoms with Crippen LogP contribution in [-0.4, -0.2) is 78.3 Å². The van der Waals surface area contributed by atoms with Gasteiger partial charge in [-0.1, -0.05) is 27.7 Å². The Hall–Kier alpha value is -7.13. The molecule has 0 saturated carbocycles. The fourth-order valence-corrected chi connectivity index (χ4v) is 8.60.